The zero-order chi connectivity index (χ0) is 12.1. The van der Waals surface area contributed by atoms with Crippen LogP contribution in [-0.4, -0.2) is 0 Å². The molecular weight excluding hydrogens is 192 g/mol. The lowest BCUT2D eigenvalue weighted by molar-refractivity contribution is 0.469. The third kappa shape index (κ3) is 12.1. The highest BCUT2D eigenvalue weighted by Crippen LogP contribution is 2.15. The standard InChI is InChI=1S/C16H34/c1-4-6-7-8-9-10-11-12-13-14-15-16(3)5-2/h16H,4-15H2,1-3H3. The summed E-state index contributed by atoms with van der Waals surface area (Å²) in [6, 6.07) is 0. The second-order valence-electron chi connectivity index (χ2n) is 5.48. The largest absolute Gasteiger partial charge is 0.0654 e. The summed E-state index contributed by atoms with van der Waals surface area (Å²) in [6.45, 7) is 6.98. The number of hydrogen-bond acceptors (Lipinski definition) is 0. The summed E-state index contributed by atoms with van der Waals surface area (Å²) in [7, 11) is 0. The van der Waals surface area contributed by atoms with Gasteiger partial charge in [0.15, 0.2) is 0 Å². The van der Waals surface area contributed by atoms with Gasteiger partial charge in [0.2, 0.25) is 0 Å². The molecule has 0 fully saturated rings. The van der Waals surface area contributed by atoms with Crippen molar-refractivity contribution >= 4 is 0 Å². The maximum atomic E-state index is 2.38. The third-order valence-corrected chi connectivity index (χ3v) is 3.75. The minimum Gasteiger partial charge on any atom is -0.0654 e. The molecule has 98 valence electrons. The van der Waals surface area contributed by atoms with E-state index in [0.717, 1.165) is 5.92 Å². The van der Waals surface area contributed by atoms with Crippen LogP contribution in [0.1, 0.15) is 97.8 Å². The van der Waals surface area contributed by atoms with Crippen molar-refractivity contribution in [2.75, 3.05) is 0 Å². The molecule has 0 rings (SSSR count). The molecule has 0 nitrogen and oxygen atoms in total. The molecule has 0 aromatic carbocycles. The van der Waals surface area contributed by atoms with Crippen LogP contribution in [0, 0.1) is 5.92 Å². The van der Waals surface area contributed by atoms with Crippen LogP contribution in [0.5, 0.6) is 0 Å². The molecule has 0 radical (unpaired) electrons. The summed E-state index contributed by atoms with van der Waals surface area (Å²) in [4.78, 5) is 0. The summed E-state index contributed by atoms with van der Waals surface area (Å²) < 4.78 is 0. The van der Waals surface area contributed by atoms with E-state index in [0.29, 0.717) is 0 Å². The maximum absolute atomic E-state index is 2.38. The van der Waals surface area contributed by atoms with Crippen molar-refractivity contribution in [3.63, 3.8) is 0 Å². The molecule has 0 aliphatic carbocycles. The molecule has 0 spiro atoms. The maximum Gasteiger partial charge on any atom is -0.0445 e. The van der Waals surface area contributed by atoms with Gasteiger partial charge >= 0.3 is 0 Å². The van der Waals surface area contributed by atoms with Gasteiger partial charge in [-0.2, -0.15) is 0 Å². The number of unbranched alkanes of at least 4 members (excludes halogenated alkanes) is 9. The Morgan fingerprint density at radius 2 is 1.06 bits per heavy atom. The van der Waals surface area contributed by atoms with Crippen molar-refractivity contribution in [2.45, 2.75) is 97.8 Å². The second-order valence-corrected chi connectivity index (χ2v) is 5.48. The molecule has 0 heterocycles. The summed E-state index contributed by atoms with van der Waals surface area (Å²) in [5.74, 6) is 0.953. The van der Waals surface area contributed by atoms with E-state index in [9.17, 15) is 0 Å². The van der Waals surface area contributed by atoms with Gasteiger partial charge in [0.1, 0.15) is 0 Å². The average molecular weight is 226 g/mol. The van der Waals surface area contributed by atoms with Gasteiger partial charge in [-0.05, 0) is 5.92 Å². The van der Waals surface area contributed by atoms with E-state index in [1.54, 1.807) is 0 Å². The zero-order valence-corrected chi connectivity index (χ0v) is 12.1. The molecule has 0 aliphatic heterocycles. The Kier molecular flexibility index (Phi) is 13.1. The lowest BCUT2D eigenvalue weighted by atomic mass is 9.99. The fourth-order valence-corrected chi connectivity index (χ4v) is 2.18. The van der Waals surface area contributed by atoms with E-state index in [2.05, 4.69) is 20.8 Å². The molecule has 0 N–H and O–H groups in total. The lowest BCUT2D eigenvalue weighted by Crippen LogP contribution is -1.91. The molecule has 0 saturated heterocycles. The Labute approximate surface area is 104 Å². The molecule has 1 atom stereocenters. The predicted octanol–water partition coefficient (Wildman–Crippen LogP) is 6.34. The van der Waals surface area contributed by atoms with Crippen molar-refractivity contribution in [1.82, 2.24) is 0 Å². The van der Waals surface area contributed by atoms with Gasteiger partial charge in [-0.15, -0.1) is 0 Å². The fourth-order valence-electron chi connectivity index (χ4n) is 2.18. The smallest absolute Gasteiger partial charge is 0.0445 e. The van der Waals surface area contributed by atoms with Crippen molar-refractivity contribution in [3.05, 3.63) is 0 Å². The fraction of sp³-hybridized carbons (Fsp3) is 1.00. The summed E-state index contributed by atoms with van der Waals surface area (Å²) >= 11 is 0. The van der Waals surface area contributed by atoms with E-state index < -0.39 is 0 Å². The van der Waals surface area contributed by atoms with E-state index >= 15 is 0 Å². The van der Waals surface area contributed by atoms with Crippen LogP contribution in [0.25, 0.3) is 0 Å². The highest BCUT2D eigenvalue weighted by Gasteiger charge is 1.98. The Morgan fingerprint density at radius 3 is 1.50 bits per heavy atom. The normalized spacial score (nSPS) is 12.9. The van der Waals surface area contributed by atoms with Crippen LogP contribution < -0.4 is 0 Å². The van der Waals surface area contributed by atoms with Crippen LogP contribution in [0.3, 0.4) is 0 Å². The van der Waals surface area contributed by atoms with Gasteiger partial charge in [0, 0.05) is 0 Å². The van der Waals surface area contributed by atoms with E-state index in [1.807, 2.05) is 0 Å². The Balaban J connectivity index is 2.93. The quantitative estimate of drug-likeness (QED) is 0.340. The first-order chi connectivity index (χ1) is 7.81. The Bertz CT molecular complexity index is 117. The first kappa shape index (κ1) is 16.0. The molecule has 0 bridgehead atoms. The Hall–Kier alpha value is 0. The molecule has 0 amide bonds. The first-order valence-corrected chi connectivity index (χ1v) is 7.81. The zero-order valence-electron chi connectivity index (χ0n) is 12.1. The van der Waals surface area contributed by atoms with Gasteiger partial charge in [-0.1, -0.05) is 97.8 Å². The van der Waals surface area contributed by atoms with Gasteiger partial charge in [0.25, 0.3) is 0 Å². The minimum absolute atomic E-state index is 0.953. The molecule has 0 aromatic rings. The van der Waals surface area contributed by atoms with Crippen molar-refractivity contribution in [3.8, 4) is 0 Å². The SMILES string of the molecule is CCCCCCCCCCCCC(C)CC. The average Bonchev–Trinajstić information content (AvgIpc) is 2.31. The van der Waals surface area contributed by atoms with Crippen LogP contribution >= 0.6 is 0 Å². The van der Waals surface area contributed by atoms with E-state index in [4.69, 9.17) is 0 Å². The molecule has 1 unspecified atom stereocenters. The molecule has 16 heavy (non-hydrogen) atoms. The number of hydrogen-bond donors (Lipinski definition) is 0. The van der Waals surface area contributed by atoms with Crippen molar-refractivity contribution < 1.29 is 0 Å². The molecule has 0 aromatic heterocycles. The molecular formula is C16H34. The van der Waals surface area contributed by atoms with Gasteiger partial charge < -0.3 is 0 Å². The highest BCUT2D eigenvalue weighted by atomic mass is 14.0. The summed E-state index contributed by atoms with van der Waals surface area (Å²) in [5, 5.41) is 0. The van der Waals surface area contributed by atoms with Crippen molar-refractivity contribution in [1.29, 1.82) is 0 Å². The summed E-state index contributed by atoms with van der Waals surface area (Å²) in [6.07, 6.45) is 17.4. The third-order valence-electron chi connectivity index (χ3n) is 3.75. The molecule has 0 aliphatic rings. The Morgan fingerprint density at radius 1 is 0.625 bits per heavy atom. The van der Waals surface area contributed by atoms with Gasteiger partial charge in [0.05, 0.1) is 0 Å². The first-order valence-electron chi connectivity index (χ1n) is 7.81. The van der Waals surface area contributed by atoms with Crippen LogP contribution in [0.2, 0.25) is 0 Å². The van der Waals surface area contributed by atoms with Crippen LogP contribution in [0.15, 0.2) is 0 Å². The second kappa shape index (κ2) is 13.1. The number of rotatable bonds is 12. The monoisotopic (exact) mass is 226 g/mol. The molecule has 0 heteroatoms. The van der Waals surface area contributed by atoms with Crippen LogP contribution in [0.4, 0.5) is 0 Å². The highest BCUT2D eigenvalue weighted by molar-refractivity contribution is 4.52. The van der Waals surface area contributed by atoms with Gasteiger partial charge in [-0.25, -0.2) is 0 Å². The predicted molar refractivity (Wildman–Crippen MR) is 75.9 cm³/mol. The van der Waals surface area contributed by atoms with Gasteiger partial charge in [-0.3, -0.25) is 0 Å². The van der Waals surface area contributed by atoms with Crippen molar-refractivity contribution in [2.24, 2.45) is 5.92 Å². The van der Waals surface area contributed by atoms with E-state index in [-0.39, 0.29) is 0 Å². The van der Waals surface area contributed by atoms with E-state index in [1.165, 1.54) is 77.0 Å². The van der Waals surface area contributed by atoms with Crippen LogP contribution in [-0.2, 0) is 0 Å². The topological polar surface area (TPSA) is 0 Å². The molecule has 0 saturated carbocycles. The summed E-state index contributed by atoms with van der Waals surface area (Å²) in [5.41, 5.74) is 0. The minimum atomic E-state index is 0.953. The lowest BCUT2D eigenvalue weighted by Gasteiger charge is -2.07.